The Kier molecular flexibility index (Phi) is 14.3. The van der Waals surface area contributed by atoms with Crippen molar-refractivity contribution in [3.05, 3.63) is 12.2 Å². The molecule has 0 spiro atoms. The Bertz CT molecular complexity index is 478. The number of ether oxygens (including phenoxy) is 4. The van der Waals surface area contributed by atoms with E-state index in [0.717, 1.165) is 19.3 Å². The first kappa shape index (κ1) is 27.1. The van der Waals surface area contributed by atoms with Crippen molar-refractivity contribution in [1.29, 1.82) is 0 Å². The summed E-state index contributed by atoms with van der Waals surface area (Å²) in [6.45, 7) is 2.27. The van der Waals surface area contributed by atoms with E-state index in [1.54, 1.807) is 13.2 Å². The van der Waals surface area contributed by atoms with Crippen LogP contribution in [0.2, 0.25) is 0 Å². The third kappa shape index (κ3) is 10.4. The second-order valence-corrected chi connectivity index (χ2v) is 8.57. The van der Waals surface area contributed by atoms with E-state index < -0.39 is 11.6 Å². The molecular formula is C25H46O5. The molecule has 0 saturated heterocycles. The van der Waals surface area contributed by atoms with Gasteiger partial charge >= 0.3 is 5.97 Å². The van der Waals surface area contributed by atoms with Crippen LogP contribution in [-0.2, 0) is 23.7 Å². The molecule has 176 valence electrons. The lowest BCUT2D eigenvalue weighted by Gasteiger charge is -2.33. The first-order valence-electron chi connectivity index (χ1n) is 12.1. The Labute approximate surface area is 184 Å². The number of hydrogen-bond donors (Lipinski definition) is 0. The van der Waals surface area contributed by atoms with Crippen LogP contribution in [0.4, 0.5) is 0 Å². The fourth-order valence-corrected chi connectivity index (χ4v) is 4.08. The highest BCUT2D eigenvalue weighted by molar-refractivity contribution is 5.70. The molecule has 0 bridgehead atoms. The van der Waals surface area contributed by atoms with Crippen molar-refractivity contribution in [1.82, 2.24) is 0 Å². The minimum absolute atomic E-state index is 0.0142. The summed E-state index contributed by atoms with van der Waals surface area (Å²) < 4.78 is 21.9. The molecule has 30 heavy (non-hydrogen) atoms. The largest absolute Gasteiger partial charge is 0.469 e. The van der Waals surface area contributed by atoms with E-state index in [-0.39, 0.29) is 12.4 Å². The minimum Gasteiger partial charge on any atom is -0.469 e. The van der Waals surface area contributed by atoms with Crippen LogP contribution >= 0.6 is 0 Å². The van der Waals surface area contributed by atoms with Gasteiger partial charge in [-0.2, -0.15) is 0 Å². The first-order chi connectivity index (χ1) is 14.6. The van der Waals surface area contributed by atoms with E-state index in [9.17, 15) is 4.79 Å². The van der Waals surface area contributed by atoms with E-state index in [1.165, 1.54) is 91.3 Å². The number of esters is 1. The summed E-state index contributed by atoms with van der Waals surface area (Å²) in [4.78, 5) is 11.7. The fourth-order valence-electron chi connectivity index (χ4n) is 4.08. The summed E-state index contributed by atoms with van der Waals surface area (Å²) in [5, 5.41) is 0. The maximum atomic E-state index is 11.7. The van der Waals surface area contributed by atoms with Crippen LogP contribution < -0.4 is 0 Å². The van der Waals surface area contributed by atoms with Gasteiger partial charge < -0.3 is 18.9 Å². The molecule has 0 amide bonds. The van der Waals surface area contributed by atoms with Gasteiger partial charge in [0.25, 0.3) is 0 Å². The van der Waals surface area contributed by atoms with Gasteiger partial charge in [-0.15, -0.1) is 0 Å². The number of hydrogen-bond acceptors (Lipinski definition) is 5. The molecule has 1 heterocycles. The maximum Gasteiger partial charge on any atom is 0.311 e. The van der Waals surface area contributed by atoms with Gasteiger partial charge in [-0.1, -0.05) is 90.4 Å². The van der Waals surface area contributed by atoms with Gasteiger partial charge in [0, 0.05) is 20.6 Å². The molecule has 2 atom stereocenters. The van der Waals surface area contributed by atoms with Gasteiger partial charge in [0.05, 0.1) is 7.11 Å². The smallest absolute Gasteiger partial charge is 0.311 e. The topological polar surface area (TPSA) is 54.0 Å². The van der Waals surface area contributed by atoms with Gasteiger partial charge in [-0.25, -0.2) is 0 Å². The standard InChI is InChI=1S/C25H46O5/c1-5-6-7-8-9-10-11-12-13-14-15-16-17-18-19-24(28-3)20-21-25(29-4,30-24)22-23(26)27-2/h20-21H,5-19,22H2,1-4H3. The summed E-state index contributed by atoms with van der Waals surface area (Å²) >= 11 is 0. The zero-order chi connectivity index (χ0) is 22.1. The zero-order valence-electron chi connectivity index (χ0n) is 20.0. The second-order valence-electron chi connectivity index (χ2n) is 8.57. The van der Waals surface area contributed by atoms with Crippen molar-refractivity contribution >= 4 is 5.97 Å². The molecule has 1 aliphatic rings. The van der Waals surface area contributed by atoms with E-state index in [2.05, 4.69) is 6.92 Å². The molecule has 0 fully saturated rings. The summed E-state index contributed by atoms with van der Waals surface area (Å²) in [6.07, 6.45) is 23.1. The summed E-state index contributed by atoms with van der Waals surface area (Å²) in [7, 11) is 4.53. The SMILES string of the molecule is CCCCCCCCCCCCCCCCC1(OC)C=CC(CC(=O)OC)(OC)O1. The van der Waals surface area contributed by atoms with Crippen LogP contribution in [0.3, 0.4) is 0 Å². The highest BCUT2D eigenvalue weighted by Gasteiger charge is 2.46. The molecule has 0 saturated carbocycles. The summed E-state index contributed by atoms with van der Waals surface area (Å²) in [6, 6.07) is 0. The molecule has 0 aromatic rings. The molecule has 5 nitrogen and oxygen atoms in total. The van der Waals surface area contributed by atoms with Crippen molar-refractivity contribution in [3.63, 3.8) is 0 Å². The second kappa shape index (κ2) is 15.8. The van der Waals surface area contributed by atoms with E-state index in [4.69, 9.17) is 18.9 Å². The van der Waals surface area contributed by atoms with Crippen molar-refractivity contribution in [3.8, 4) is 0 Å². The number of methoxy groups -OCH3 is 3. The summed E-state index contributed by atoms with van der Waals surface area (Å²) in [5.74, 6) is -2.29. The Morgan fingerprint density at radius 3 is 1.57 bits per heavy atom. The normalized spacial score (nSPS) is 23.2. The predicted octanol–water partition coefficient (Wildman–Crippen LogP) is 6.69. The molecular weight excluding hydrogens is 380 g/mol. The molecule has 0 aliphatic carbocycles. The van der Waals surface area contributed by atoms with Crippen LogP contribution in [0, 0.1) is 0 Å². The molecule has 1 rings (SSSR count). The lowest BCUT2D eigenvalue weighted by atomic mass is 10.0. The van der Waals surface area contributed by atoms with E-state index in [0.29, 0.717) is 0 Å². The highest BCUT2D eigenvalue weighted by atomic mass is 16.8. The molecule has 2 unspecified atom stereocenters. The average molecular weight is 427 g/mol. The van der Waals surface area contributed by atoms with Crippen molar-refractivity contribution in [2.24, 2.45) is 0 Å². The first-order valence-corrected chi connectivity index (χ1v) is 12.1. The van der Waals surface area contributed by atoms with Gasteiger partial charge in [0.2, 0.25) is 5.79 Å². The number of unbranched alkanes of at least 4 members (excludes halogenated alkanes) is 13. The lowest BCUT2D eigenvalue weighted by molar-refractivity contribution is -0.297. The van der Waals surface area contributed by atoms with Crippen molar-refractivity contribution in [2.75, 3.05) is 21.3 Å². The van der Waals surface area contributed by atoms with Gasteiger partial charge in [-0.05, 0) is 18.6 Å². The zero-order valence-corrected chi connectivity index (χ0v) is 20.0. The van der Waals surface area contributed by atoms with Crippen LogP contribution in [0.25, 0.3) is 0 Å². The maximum absolute atomic E-state index is 11.7. The Morgan fingerprint density at radius 2 is 1.13 bits per heavy atom. The van der Waals surface area contributed by atoms with Crippen LogP contribution in [-0.4, -0.2) is 38.9 Å². The predicted molar refractivity (Wildman–Crippen MR) is 121 cm³/mol. The number of carbonyl (C=O) groups is 1. The Morgan fingerprint density at radius 1 is 0.700 bits per heavy atom. The van der Waals surface area contributed by atoms with Gasteiger partial charge in [0.15, 0.2) is 5.79 Å². The average Bonchev–Trinajstić information content (AvgIpc) is 3.13. The molecule has 0 aromatic heterocycles. The monoisotopic (exact) mass is 426 g/mol. The molecule has 0 N–H and O–H groups in total. The van der Waals surface area contributed by atoms with Crippen LogP contribution in [0.1, 0.15) is 110 Å². The van der Waals surface area contributed by atoms with Crippen molar-refractivity contribution < 1.29 is 23.7 Å². The van der Waals surface area contributed by atoms with Crippen LogP contribution in [0.15, 0.2) is 12.2 Å². The van der Waals surface area contributed by atoms with Crippen molar-refractivity contribution in [2.45, 2.75) is 121 Å². The third-order valence-electron chi connectivity index (χ3n) is 6.12. The van der Waals surface area contributed by atoms with Gasteiger partial charge in [-0.3, -0.25) is 4.79 Å². The van der Waals surface area contributed by atoms with E-state index in [1.807, 2.05) is 6.08 Å². The quantitative estimate of drug-likeness (QED) is 0.131. The molecule has 0 aromatic carbocycles. The van der Waals surface area contributed by atoms with Crippen LogP contribution in [0.5, 0.6) is 0 Å². The molecule has 5 heteroatoms. The van der Waals surface area contributed by atoms with Gasteiger partial charge in [0.1, 0.15) is 6.42 Å². The highest BCUT2D eigenvalue weighted by Crippen LogP contribution is 2.38. The lowest BCUT2D eigenvalue weighted by Crippen LogP contribution is -2.41. The minimum atomic E-state index is -1.10. The Balaban J connectivity index is 2.09. The third-order valence-corrected chi connectivity index (χ3v) is 6.12. The Hall–Kier alpha value is -0.910. The van der Waals surface area contributed by atoms with E-state index >= 15 is 0 Å². The number of carbonyl (C=O) groups excluding carboxylic acids is 1. The summed E-state index contributed by atoms with van der Waals surface area (Å²) in [5.41, 5.74) is 0. The fraction of sp³-hybridized carbons (Fsp3) is 0.880. The molecule has 0 radical (unpaired) electrons. The number of rotatable bonds is 19. The molecule has 1 aliphatic heterocycles.